The van der Waals surface area contributed by atoms with Crippen molar-refractivity contribution in [1.29, 1.82) is 0 Å². The highest BCUT2D eigenvalue weighted by atomic mass is 16.5. The average Bonchev–Trinajstić information content (AvgIpc) is 2.80. The maximum Gasteiger partial charge on any atom is 0.262 e. The first-order valence-electron chi connectivity index (χ1n) is 10.1. The summed E-state index contributed by atoms with van der Waals surface area (Å²) in [5.41, 5.74) is 1.03. The molecule has 0 atom stereocenters. The molecule has 0 heterocycles. The van der Waals surface area contributed by atoms with Crippen molar-refractivity contribution < 1.29 is 19.1 Å². The minimum atomic E-state index is -0.294. The van der Waals surface area contributed by atoms with E-state index in [0.29, 0.717) is 36.5 Å². The Morgan fingerprint density at radius 1 is 0.806 bits per heavy atom. The number of hydrogen-bond acceptors (Lipinski definition) is 4. The first kappa shape index (κ1) is 21.8. The molecule has 3 aromatic carbocycles. The van der Waals surface area contributed by atoms with Gasteiger partial charge in [-0.3, -0.25) is 14.4 Å². The van der Waals surface area contributed by atoms with E-state index in [1.165, 1.54) is 0 Å². The molecule has 3 N–H and O–H groups in total. The normalized spacial score (nSPS) is 10.4. The molecule has 0 aromatic heterocycles. The van der Waals surface area contributed by atoms with E-state index in [1.807, 2.05) is 42.5 Å². The fourth-order valence-electron chi connectivity index (χ4n) is 2.91. The summed E-state index contributed by atoms with van der Waals surface area (Å²) in [4.78, 5) is 35.5. The number of ether oxygens (including phenoxy) is 1. The molecule has 0 bridgehead atoms. The van der Waals surface area contributed by atoms with E-state index in [-0.39, 0.29) is 24.3 Å². The molecule has 0 fully saturated rings. The van der Waals surface area contributed by atoms with Gasteiger partial charge in [-0.2, -0.15) is 0 Å². The zero-order chi connectivity index (χ0) is 22.1. The Hall–Kier alpha value is -3.87. The fourth-order valence-corrected chi connectivity index (χ4v) is 2.91. The predicted octanol–water partition coefficient (Wildman–Crippen LogP) is 3.11. The van der Waals surface area contributed by atoms with Crippen molar-refractivity contribution in [3.8, 4) is 5.75 Å². The van der Waals surface area contributed by atoms with E-state index in [0.717, 1.165) is 10.8 Å². The van der Waals surface area contributed by atoms with Gasteiger partial charge in [0.25, 0.3) is 11.8 Å². The highest BCUT2D eigenvalue weighted by Crippen LogP contribution is 2.20. The first-order valence-corrected chi connectivity index (χ1v) is 10.1. The molecule has 3 amide bonds. The van der Waals surface area contributed by atoms with Crippen LogP contribution in [0.1, 0.15) is 23.7 Å². The second kappa shape index (κ2) is 10.8. The van der Waals surface area contributed by atoms with Gasteiger partial charge in [0, 0.05) is 30.8 Å². The number of hydrogen-bond donors (Lipinski definition) is 3. The number of benzene rings is 3. The molecular formula is C24H25N3O4. The van der Waals surface area contributed by atoms with Crippen LogP contribution in [0.25, 0.3) is 10.8 Å². The molecule has 160 valence electrons. The van der Waals surface area contributed by atoms with Crippen molar-refractivity contribution in [2.75, 3.05) is 25.0 Å². The lowest BCUT2D eigenvalue weighted by atomic mass is 10.1. The Balaban J connectivity index is 1.44. The van der Waals surface area contributed by atoms with Gasteiger partial charge >= 0.3 is 0 Å². The molecule has 0 radical (unpaired) electrons. The van der Waals surface area contributed by atoms with Crippen LogP contribution in [0.4, 0.5) is 5.69 Å². The van der Waals surface area contributed by atoms with Crippen molar-refractivity contribution in [2.24, 2.45) is 0 Å². The number of fused-ring (bicyclic) bond motifs is 1. The minimum absolute atomic E-state index is 0.0565. The van der Waals surface area contributed by atoms with Gasteiger partial charge in [-0.05, 0) is 47.2 Å². The summed E-state index contributed by atoms with van der Waals surface area (Å²) in [7, 11) is 0. The number of carbonyl (C=O) groups is 3. The lowest BCUT2D eigenvalue weighted by Crippen LogP contribution is -2.34. The molecule has 0 aliphatic heterocycles. The van der Waals surface area contributed by atoms with Gasteiger partial charge in [0.15, 0.2) is 6.61 Å². The third-order valence-corrected chi connectivity index (χ3v) is 4.58. The Kier molecular flexibility index (Phi) is 7.59. The number of rotatable bonds is 9. The molecule has 0 aliphatic rings. The third-order valence-electron chi connectivity index (χ3n) is 4.58. The van der Waals surface area contributed by atoms with E-state index in [9.17, 15) is 14.4 Å². The molecule has 3 aromatic rings. The van der Waals surface area contributed by atoms with Crippen molar-refractivity contribution in [1.82, 2.24) is 10.6 Å². The lowest BCUT2D eigenvalue weighted by molar-refractivity contribution is -0.120. The number of amides is 3. The predicted molar refractivity (Wildman–Crippen MR) is 120 cm³/mol. The maximum atomic E-state index is 12.2. The van der Waals surface area contributed by atoms with Crippen LogP contribution in [0.3, 0.4) is 0 Å². The zero-order valence-corrected chi connectivity index (χ0v) is 17.3. The van der Waals surface area contributed by atoms with E-state index in [1.54, 1.807) is 31.2 Å². The summed E-state index contributed by atoms with van der Waals surface area (Å²) in [6.07, 6.45) is 0.411. The molecule has 0 saturated carbocycles. The molecule has 7 heteroatoms. The largest absolute Gasteiger partial charge is 0.484 e. The van der Waals surface area contributed by atoms with Crippen LogP contribution >= 0.6 is 0 Å². The van der Waals surface area contributed by atoms with Gasteiger partial charge in [0.05, 0.1) is 0 Å². The summed E-state index contributed by atoms with van der Waals surface area (Å²) in [6, 6.07) is 20.2. The summed E-state index contributed by atoms with van der Waals surface area (Å²) in [6.45, 7) is 2.37. The SMILES string of the molecule is CCC(=O)NCCNC(=O)c1ccc(NC(=O)COc2ccc3ccccc3c2)cc1. The topological polar surface area (TPSA) is 96.5 Å². The van der Waals surface area contributed by atoms with Crippen LogP contribution in [-0.2, 0) is 9.59 Å². The third kappa shape index (κ3) is 6.57. The molecule has 0 unspecified atom stereocenters. The Bertz CT molecular complexity index is 1060. The van der Waals surface area contributed by atoms with Crippen LogP contribution < -0.4 is 20.7 Å². The van der Waals surface area contributed by atoms with E-state index < -0.39 is 0 Å². The van der Waals surface area contributed by atoms with Crippen LogP contribution in [0.15, 0.2) is 66.7 Å². The maximum absolute atomic E-state index is 12.2. The number of carbonyl (C=O) groups excluding carboxylic acids is 3. The van der Waals surface area contributed by atoms with E-state index in [4.69, 9.17) is 4.74 Å². The van der Waals surface area contributed by atoms with Gasteiger partial charge in [-0.25, -0.2) is 0 Å². The molecule has 7 nitrogen and oxygen atoms in total. The zero-order valence-electron chi connectivity index (χ0n) is 17.3. The van der Waals surface area contributed by atoms with Gasteiger partial charge < -0.3 is 20.7 Å². The van der Waals surface area contributed by atoms with Crippen molar-refractivity contribution in [3.63, 3.8) is 0 Å². The highest BCUT2D eigenvalue weighted by Gasteiger charge is 2.08. The standard InChI is InChI=1S/C24H25N3O4/c1-2-22(28)25-13-14-26-24(30)18-7-10-20(11-8-18)27-23(29)16-31-21-12-9-17-5-3-4-6-19(17)15-21/h3-12,15H,2,13-14,16H2,1H3,(H,25,28)(H,26,30)(H,27,29). The van der Waals surface area contributed by atoms with Gasteiger partial charge in [-0.1, -0.05) is 37.3 Å². The van der Waals surface area contributed by atoms with E-state index >= 15 is 0 Å². The lowest BCUT2D eigenvalue weighted by Gasteiger charge is -2.09. The molecular weight excluding hydrogens is 394 g/mol. The first-order chi connectivity index (χ1) is 15.0. The number of anilines is 1. The minimum Gasteiger partial charge on any atom is -0.484 e. The van der Waals surface area contributed by atoms with Crippen LogP contribution in [0.5, 0.6) is 5.75 Å². The summed E-state index contributed by atoms with van der Waals surface area (Å²) in [5, 5.41) is 10.3. The van der Waals surface area contributed by atoms with Crippen molar-refractivity contribution in [2.45, 2.75) is 13.3 Å². The quantitative estimate of drug-likeness (QED) is 0.464. The van der Waals surface area contributed by atoms with Crippen LogP contribution in [0.2, 0.25) is 0 Å². The molecule has 0 saturated heterocycles. The highest BCUT2D eigenvalue weighted by molar-refractivity contribution is 5.96. The Morgan fingerprint density at radius 3 is 2.26 bits per heavy atom. The summed E-state index contributed by atoms with van der Waals surface area (Å²) >= 11 is 0. The molecule has 0 spiro atoms. The molecule has 31 heavy (non-hydrogen) atoms. The fraction of sp³-hybridized carbons (Fsp3) is 0.208. The second-order valence-electron chi connectivity index (χ2n) is 6.88. The smallest absolute Gasteiger partial charge is 0.262 e. The summed E-state index contributed by atoms with van der Waals surface area (Å²) in [5.74, 6) is 0.0234. The monoisotopic (exact) mass is 419 g/mol. The average molecular weight is 419 g/mol. The van der Waals surface area contributed by atoms with Crippen molar-refractivity contribution >= 4 is 34.2 Å². The summed E-state index contributed by atoms with van der Waals surface area (Å²) < 4.78 is 5.58. The van der Waals surface area contributed by atoms with Gasteiger partial charge in [-0.15, -0.1) is 0 Å². The Labute approximate surface area is 180 Å². The van der Waals surface area contributed by atoms with Crippen LogP contribution in [-0.4, -0.2) is 37.4 Å². The van der Waals surface area contributed by atoms with Gasteiger partial charge in [0.2, 0.25) is 5.91 Å². The van der Waals surface area contributed by atoms with E-state index in [2.05, 4.69) is 16.0 Å². The second-order valence-corrected chi connectivity index (χ2v) is 6.88. The van der Waals surface area contributed by atoms with Gasteiger partial charge in [0.1, 0.15) is 5.75 Å². The molecule has 0 aliphatic carbocycles. The Morgan fingerprint density at radius 2 is 1.52 bits per heavy atom. The van der Waals surface area contributed by atoms with Crippen LogP contribution in [0, 0.1) is 0 Å². The molecule has 3 rings (SSSR count). The number of nitrogens with one attached hydrogen (secondary N) is 3. The van der Waals surface area contributed by atoms with Crippen molar-refractivity contribution in [3.05, 3.63) is 72.3 Å².